The van der Waals surface area contributed by atoms with Gasteiger partial charge in [0, 0.05) is 18.7 Å². The van der Waals surface area contributed by atoms with Gasteiger partial charge in [-0.1, -0.05) is 50.6 Å². The van der Waals surface area contributed by atoms with Crippen LogP contribution in [-0.4, -0.2) is 54.1 Å². The number of ketones is 1. The number of carbonyl (C=O) groups excluding carboxylic acids is 2. The van der Waals surface area contributed by atoms with E-state index in [4.69, 9.17) is 25.8 Å². The Kier molecular flexibility index (Phi) is 5.83. The summed E-state index contributed by atoms with van der Waals surface area (Å²) in [6, 6.07) is 5.11. The highest BCUT2D eigenvalue weighted by Gasteiger charge is 2.77. The molecule has 3 fully saturated rings. The van der Waals surface area contributed by atoms with E-state index >= 15 is 0 Å². The van der Waals surface area contributed by atoms with E-state index in [1.165, 1.54) is 0 Å². The van der Waals surface area contributed by atoms with Crippen molar-refractivity contribution >= 4 is 29.0 Å². The average molecular weight is 556 g/mol. The van der Waals surface area contributed by atoms with E-state index < -0.39 is 35.0 Å². The van der Waals surface area contributed by atoms with Crippen molar-refractivity contribution in [3.63, 3.8) is 0 Å². The Bertz CT molecular complexity index is 1330. The van der Waals surface area contributed by atoms with Crippen LogP contribution in [0.15, 0.2) is 41.5 Å². The van der Waals surface area contributed by atoms with Crippen molar-refractivity contribution in [3.8, 4) is 0 Å². The third-order valence-electron chi connectivity index (χ3n) is 10.4. The van der Waals surface area contributed by atoms with Crippen LogP contribution in [0.4, 0.5) is 5.69 Å². The summed E-state index contributed by atoms with van der Waals surface area (Å²) in [6.07, 6.45) is 2.65. The number of allylic oxidation sites excluding steroid dienone is 1. The number of nitrogens with one attached hydrogen (secondary N) is 1. The van der Waals surface area contributed by atoms with E-state index in [1.807, 2.05) is 26.0 Å². The molecule has 0 aromatic heterocycles. The number of benzene rings is 1. The van der Waals surface area contributed by atoms with Crippen LogP contribution in [0.2, 0.25) is 5.02 Å². The second-order valence-electron chi connectivity index (χ2n) is 13.2. The summed E-state index contributed by atoms with van der Waals surface area (Å²) < 4.78 is 18.7. The molecule has 1 saturated heterocycles. The van der Waals surface area contributed by atoms with Crippen molar-refractivity contribution in [2.75, 3.05) is 19.0 Å². The van der Waals surface area contributed by atoms with Crippen LogP contribution in [-0.2, 0) is 19.0 Å². The number of esters is 1. The van der Waals surface area contributed by atoms with Gasteiger partial charge >= 0.3 is 5.97 Å². The third-order valence-corrected chi connectivity index (χ3v) is 10.7. The summed E-state index contributed by atoms with van der Waals surface area (Å²) in [6.45, 7) is 12.2. The number of hydrogen-bond donors (Lipinski definition) is 2. The Hall–Kier alpha value is -2.19. The van der Waals surface area contributed by atoms with Gasteiger partial charge < -0.3 is 24.6 Å². The van der Waals surface area contributed by atoms with Gasteiger partial charge in [0.2, 0.25) is 0 Å². The smallest absolute Gasteiger partial charge is 0.342 e. The zero-order chi connectivity index (χ0) is 28.3. The first-order valence-electron chi connectivity index (χ1n) is 13.9. The molecular formula is C31H38ClNO6. The summed E-state index contributed by atoms with van der Waals surface area (Å²) in [7, 11) is 1.70. The lowest BCUT2D eigenvalue weighted by Crippen LogP contribution is -2.68. The summed E-state index contributed by atoms with van der Waals surface area (Å²) >= 11 is 6.45. The van der Waals surface area contributed by atoms with Gasteiger partial charge in [0.15, 0.2) is 23.3 Å². The van der Waals surface area contributed by atoms with Crippen molar-refractivity contribution in [2.45, 2.75) is 71.6 Å². The molecule has 1 aromatic carbocycles. The van der Waals surface area contributed by atoms with Crippen LogP contribution in [0.3, 0.4) is 0 Å². The molecule has 8 heteroatoms. The number of rotatable bonds is 3. The van der Waals surface area contributed by atoms with Gasteiger partial charge in [-0.15, -0.1) is 0 Å². The average Bonchev–Trinajstić information content (AvgIpc) is 3.36. The maximum Gasteiger partial charge on any atom is 0.342 e. The van der Waals surface area contributed by atoms with Crippen LogP contribution in [0.1, 0.15) is 58.3 Å². The van der Waals surface area contributed by atoms with Gasteiger partial charge in [0.05, 0.1) is 17.0 Å². The Labute approximate surface area is 234 Å². The van der Waals surface area contributed by atoms with E-state index in [1.54, 1.807) is 39.1 Å². The maximum absolute atomic E-state index is 14.8. The van der Waals surface area contributed by atoms with Crippen LogP contribution in [0.5, 0.6) is 0 Å². The first kappa shape index (κ1) is 27.0. The van der Waals surface area contributed by atoms with Crippen LogP contribution < -0.4 is 5.32 Å². The fourth-order valence-electron chi connectivity index (χ4n) is 8.41. The van der Waals surface area contributed by atoms with Gasteiger partial charge in [-0.2, -0.15) is 0 Å². The predicted octanol–water partition coefficient (Wildman–Crippen LogP) is 5.17. The molecule has 210 valence electrons. The highest BCUT2D eigenvalue weighted by Crippen LogP contribution is 2.72. The van der Waals surface area contributed by atoms with Gasteiger partial charge in [-0.25, -0.2) is 4.79 Å². The summed E-state index contributed by atoms with van der Waals surface area (Å²) in [5, 5.41) is 16.3. The molecule has 1 aliphatic heterocycles. The molecule has 0 radical (unpaired) electrons. The molecule has 1 aromatic rings. The molecule has 0 unspecified atom stereocenters. The van der Waals surface area contributed by atoms with E-state index in [9.17, 15) is 14.7 Å². The minimum Gasteiger partial charge on any atom is -0.451 e. The Morgan fingerprint density at radius 2 is 1.95 bits per heavy atom. The fraction of sp³-hybridized carbons (Fsp3) is 0.613. The number of aliphatic hydroxyl groups is 1. The Balaban J connectivity index is 1.52. The third kappa shape index (κ3) is 3.46. The minimum atomic E-state index is -1.87. The highest BCUT2D eigenvalue weighted by atomic mass is 35.5. The molecule has 2 bridgehead atoms. The van der Waals surface area contributed by atoms with Crippen molar-refractivity contribution in [1.82, 2.24) is 0 Å². The fourth-order valence-corrected chi connectivity index (χ4v) is 8.66. The second-order valence-corrected chi connectivity index (χ2v) is 13.6. The molecule has 5 aliphatic rings. The summed E-state index contributed by atoms with van der Waals surface area (Å²) in [5.74, 6) is -1.76. The van der Waals surface area contributed by atoms with Crippen molar-refractivity contribution < 1.29 is 28.9 Å². The molecule has 6 rings (SSSR count). The van der Waals surface area contributed by atoms with Gasteiger partial charge in [0.25, 0.3) is 0 Å². The van der Waals surface area contributed by atoms with Crippen LogP contribution in [0, 0.1) is 34.5 Å². The van der Waals surface area contributed by atoms with Crippen LogP contribution >= 0.6 is 11.6 Å². The molecule has 39 heavy (non-hydrogen) atoms. The Morgan fingerprint density at radius 1 is 1.23 bits per heavy atom. The first-order chi connectivity index (χ1) is 18.2. The topological polar surface area (TPSA) is 94.1 Å². The molecule has 4 aliphatic carbocycles. The zero-order valence-electron chi connectivity index (χ0n) is 23.6. The number of ether oxygens (including phenoxy) is 3. The maximum atomic E-state index is 14.8. The first-order valence-corrected chi connectivity index (χ1v) is 14.2. The molecule has 1 heterocycles. The minimum absolute atomic E-state index is 0.0227. The van der Waals surface area contributed by atoms with E-state index in [0.29, 0.717) is 17.2 Å². The molecule has 8 atom stereocenters. The number of Topliss-reactive ketones (excluding diaryl/α,β-unsaturated/α-hetero) is 1. The predicted molar refractivity (Wildman–Crippen MR) is 147 cm³/mol. The van der Waals surface area contributed by atoms with Gasteiger partial charge in [-0.05, 0) is 73.6 Å². The molecular weight excluding hydrogens is 518 g/mol. The lowest BCUT2D eigenvalue weighted by molar-refractivity contribution is -0.302. The molecule has 7 nitrogen and oxygen atoms in total. The highest BCUT2D eigenvalue weighted by molar-refractivity contribution is 6.34. The number of anilines is 1. The van der Waals surface area contributed by atoms with Crippen molar-refractivity contribution in [1.29, 1.82) is 0 Å². The van der Waals surface area contributed by atoms with E-state index in [0.717, 1.165) is 12.0 Å². The monoisotopic (exact) mass is 555 g/mol. The number of halogens is 1. The normalized spacial score (nSPS) is 41.1. The summed E-state index contributed by atoms with van der Waals surface area (Å²) in [5.41, 5.74) is -1.08. The quantitative estimate of drug-likeness (QED) is 0.392. The number of hydrogen-bond acceptors (Lipinski definition) is 7. The summed E-state index contributed by atoms with van der Waals surface area (Å²) in [4.78, 5) is 28.5. The largest absolute Gasteiger partial charge is 0.451 e. The standard InChI is InChI=1S/C31H38ClNO6/c1-15-13-30-16(2)11-19-23(28(19,3)4)18(24(30)34)12-17-14-37-29(5,6)39-26(17)31(30,36)25(15)38-27(35)22-20(32)9-8-10-21(22)33-7/h8-10,12-13,16,18-19,23,25-26,33,36H,11,14H2,1-7H3/t16-,18+,19-,23+,25+,26-,30+,31-/m1/s1. The lowest BCUT2D eigenvalue weighted by atomic mass is 9.59. The van der Waals surface area contributed by atoms with Gasteiger partial charge in [-0.3, -0.25) is 4.79 Å². The number of fused-ring (bicyclic) bond motifs is 5. The zero-order valence-corrected chi connectivity index (χ0v) is 24.4. The number of carbonyl (C=O) groups is 2. The second kappa shape index (κ2) is 8.41. The molecule has 1 spiro atoms. The van der Waals surface area contributed by atoms with Gasteiger partial charge in [0.1, 0.15) is 11.7 Å². The van der Waals surface area contributed by atoms with E-state index in [-0.39, 0.29) is 46.1 Å². The lowest BCUT2D eigenvalue weighted by Gasteiger charge is -2.52. The Morgan fingerprint density at radius 3 is 2.64 bits per heavy atom. The molecule has 0 amide bonds. The molecule has 2 N–H and O–H groups in total. The van der Waals surface area contributed by atoms with Crippen molar-refractivity contribution in [3.05, 3.63) is 52.1 Å². The van der Waals surface area contributed by atoms with Crippen molar-refractivity contribution in [2.24, 2.45) is 34.5 Å². The van der Waals surface area contributed by atoms with Crippen LogP contribution in [0.25, 0.3) is 0 Å². The SMILES string of the molecule is CNc1cccc(Cl)c1C(=O)O[C@H]1C(C)=C[C@]23C(=O)[C@@H](C=C4COC(C)(C)O[C@H]4[C@]12O)[C@H]1[C@@H](C[C@H]3C)C1(C)C. The van der Waals surface area contributed by atoms with E-state index in [2.05, 4.69) is 19.2 Å². The molecule has 2 saturated carbocycles.